The number of nitrogens with zero attached hydrogens (tertiary/aromatic N) is 1. The summed E-state index contributed by atoms with van der Waals surface area (Å²) < 4.78 is 4.97. The molecule has 1 aromatic rings. The van der Waals surface area contributed by atoms with Gasteiger partial charge in [0, 0.05) is 12.1 Å². The molecule has 1 rings (SSSR count). The van der Waals surface area contributed by atoms with Gasteiger partial charge in [-0.2, -0.15) is 0 Å². The summed E-state index contributed by atoms with van der Waals surface area (Å²) in [6, 6.07) is 4.12. The van der Waals surface area contributed by atoms with Gasteiger partial charge in [0.05, 0.1) is 17.6 Å². The lowest BCUT2D eigenvalue weighted by Gasteiger charge is -2.01. The van der Waals surface area contributed by atoms with Gasteiger partial charge in [0.2, 0.25) is 0 Å². The second-order valence-electron chi connectivity index (χ2n) is 2.60. The van der Waals surface area contributed by atoms with Crippen LogP contribution in [-0.4, -0.2) is 23.7 Å². The Labute approximate surface area is 86.5 Å². The van der Waals surface area contributed by atoms with Crippen LogP contribution in [0.3, 0.4) is 0 Å². The molecule has 0 fully saturated rings. The average molecular weight is 207 g/mol. The Morgan fingerprint density at radius 2 is 2.33 bits per heavy atom. The molecule has 0 bridgehead atoms. The number of nitro benzene ring substituents is 1. The fraction of sp³-hybridized carbons (Fsp3) is 0.200. The maximum atomic E-state index is 10.5. The Balaban J connectivity index is 3.19. The molecule has 0 amide bonds. The SMILES string of the molecule is COc1ccc([N+](=O)[O-])cc1C#CCO. The summed E-state index contributed by atoms with van der Waals surface area (Å²) in [4.78, 5) is 9.98. The van der Waals surface area contributed by atoms with E-state index in [1.54, 1.807) is 0 Å². The van der Waals surface area contributed by atoms with Crippen LogP contribution in [0.15, 0.2) is 18.2 Å². The first-order valence-electron chi connectivity index (χ1n) is 4.11. The van der Waals surface area contributed by atoms with Crippen LogP contribution in [0.2, 0.25) is 0 Å². The summed E-state index contributed by atoms with van der Waals surface area (Å²) >= 11 is 0. The van der Waals surface area contributed by atoms with E-state index in [9.17, 15) is 10.1 Å². The second-order valence-corrected chi connectivity index (χ2v) is 2.60. The zero-order valence-electron chi connectivity index (χ0n) is 8.06. The highest BCUT2D eigenvalue weighted by Crippen LogP contribution is 2.22. The predicted octanol–water partition coefficient (Wildman–Crippen LogP) is 0.947. The molecule has 15 heavy (non-hydrogen) atoms. The van der Waals surface area contributed by atoms with E-state index in [0.29, 0.717) is 11.3 Å². The zero-order chi connectivity index (χ0) is 11.3. The number of ether oxygens (including phenoxy) is 1. The number of rotatable bonds is 2. The van der Waals surface area contributed by atoms with Crippen molar-refractivity contribution < 1.29 is 14.8 Å². The van der Waals surface area contributed by atoms with E-state index in [0.717, 1.165) is 0 Å². The Bertz CT molecular complexity index is 431. The van der Waals surface area contributed by atoms with Crippen LogP contribution in [-0.2, 0) is 0 Å². The van der Waals surface area contributed by atoms with Crippen molar-refractivity contribution in [3.05, 3.63) is 33.9 Å². The standard InChI is InChI=1S/C10H9NO4/c1-15-10-5-4-9(11(13)14)7-8(10)3-2-6-12/h4-5,7,12H,6H2,1H3. The molecular weight excluding hydrogens is 198 g/mol. The third-order valence-electron chi connectivity index (χ3n) is 1.70. The number of hydrogen-bond donors (Lipinski definition) is 1. The highest BCUT2D eigenvalue weighted by atomic mass is 16.6. The van der Waals surface area contributed by atoms with E-state index in [-0.39, 0.29) is 12.3 Å². The molecule has 1 N–H and O–H groups in total. The Hall–Kier alpha value is -2.06. The summed E-state index contributed by atoms with van der Waals surface area (Å²) in [6.07, 6.45) is 0. The molecule has 5 nitrogen and oxygen atoms in total. The lowest BCUT2D eigenvalue weighted by molar-refractivity contribution is -0.384. The lowest BCUT2D eigenvalue weighted by Crippen LogP contribution is -1.92. The van der Waals surface area contributed by atoms with Crippen LogP contribution < -0.4 is 4.74 Å². The molecule has 0 unspecified atom stereocenters. The molecule has 0 aliphatic carbocycles. The van der Waals surface area contributed by atoms with Crippen LogP contribution in [0.1, 0.15) is 5.56 Å². The van der Waals surface area contributed by atoms with Crippen molar-refractivity contribution in [1.82, 2.24) is 0 Å². The van der Waals surface area contributed by atoms with Crippen LogP contribution in [0.5, 0.6) is 5.75 Å². The molecule has 78 valence electrons. The largest absolute Gasteiger partial charge is 0.495 e. The lowest BCUT2D eigenvalue weighted by atomic mass is 10.2. The number of hydrogen-bond acceptors (Lipinski definition) is 4. The minimum atomic E-state index is -0.510. The van der Waals surface area contributed by atoms with Gasteiger partial charge < -0.3 is 9.84 Å². The van der Waals surface area contributed by atoms with Crippen LogP contribution >= 0.6 is 0 Å². The molecule has 5 heteroatoms. The maximum absolute atomic E-state index is 10.5. The molecular formula is C10H9NO4. The van der Waals surface area contributed by atoms with Crippen molar-refractivity contribution in [3.8, 4) is 17.6 Å². The smallest absolute Gasteiger partial charge is 0.270 e. The van der Waals surface area contributed by atoms with E-state index in [4.69, 9.17) is 9.84 Å². The topological polar surface area (TPSA) is 72.6 Å². The van der Waals surface area contributed by atoms with Crippen molar-refractivity contribution in [2.45, 2.75) is 0 Å². The Morgan fingerprint density at radius 1 is 1.60 bits per heavy atom. The van der Waals surface area contributed by atoms with Gasteiger partial charge in [0.15, 0.2) is 0 Å². The monoisotopic (exact) mass is 207 g/mol. The Kier molecular flexibility index (Phi) is 3.66. The molecule has 0 aliphatic rings. The molecule has 0 saturated heterocycles. The first-order valence-corrected chi connectivity index (χ1v) is 4.11. The molecule has 0 saturated carbocycles. The maximum Gasteiger partial charge on any atom is 0.270 e. The number of aliphatic hydroxyl groups excluding tert-OH is 1. The molecule has 0 aromatic heterocycles. The molecule has 0 spiro atoms. The van der Waals surface area contributed by atoms with Crippen molar-refractivity contribution in [2.24, 2.45) is 0 Å². The molecule has 1 aromatic carbocycles. The van der Waals surface area contributed by atoms with E-state index >= 15 is 0 Å². The number of aliphatic hydroxyl groups is 1. The van der Waals surface area contributed by atoms with E-state index in [2.05, 4.69) is 11.8 Å². The average Bonchev–Trinajstić information content (AvgIpc) is 2.25. The number of methoxy groups -OCH3 is 1. The van der Waals surface area contributed by atoms with Gasteiger partial charge in [0.25, 0.3) is 5.69 Å². The zero-order valence-corrected chi connectivity index (χ0v) is 8.06. The second kappa shape index (κ2) is 4.98. The third-order valence-corrected chi connectivity index (χ3v) is 1.70. The van der Waals surface area contributed by atoms with Crippen molar-refractivity contribution in [3.63, 3.8) is 0 Å². The van der Waals surface area contributed by atoms with Crippen molar-refractivity contribution in [1.29, 1.82) is 0 Å². The van der Waals surface area contributed by atoms with Crippen LogP contribution in [0, 0.1) is 22.0 Å². The Morgan fingerprint density at radius 3 is 2.87 bits per heavy atom. The normalized spacial score (nSPS) is 8.93. The highest BCUT2D eigenvalue weighted by molar-refractivity contribution is 5.52. The van der Waals surface area contributed by atoms with Gasteiger partial charge in [-0.1, -0.05) is 11.8 Å². The molecule has 0 atom stereocenters. The predicted molar refractivity (Wildman–Crippen MR) is 53.6 cm³/mol. The van der Waals surface area contributed by atoms with Gasteiger partial charge in [-0.25, -0.2) is 0 Å². The van der Waals surface area contributed by atoms with Gasteiger partial charge in [-0.3, -0.25) is 10.1 Å². The highest BCUT2D eigenvalue weighted by Gasteiger charge is 2.09. The van der Waals surface area contributed by atoms with Gasteiger partial charge in [-0.15, -0.1) is 0 Å². The van der Waals surface area contributed by atoms with Crippen LogP contribution in [0.4, 0.5) is 5.69 Å². The molecule has 0 heterocycles. The summed E-state index contributed by atoms with van der Waals surface area (Å²) in [6.45, 7) is -0.300. The first kappa shape index (κ1) is 11.0. The quantitative estimate of drug-likeness (QED) is 0.445. The number of nitro groups is 1. The number of benzene rings is 1. The fourth-order valence-electron chi connectivity index (χ4n) is 1.04. The summed E-state index contributed by atoms with van der Waals surface area (Å²) in [7, 11) is 1.45. The van der Waals surface area contributed by atoms with Crippen molar-refractivity contribution >= 4 is 5.69 Å². The summed E-state index contributed by atoms with van der Waals surface area (Å²) in [5, 5.41) is 19.0. The van der Waals surface area contributed by atoms with Gasteiger partial charge in [-0.05, 0) is 6.07 Å². The van der Waals surface area contributed by atoms with Gasteiger partial charge >= 0.3 is 0 Å². The minimum Gasteiger partial charge on any atom is -0.495 e. The van der Waals surface area contributed by atoms with E-state index in [1.807, 2.05) is 0 Å². The minimum absolute atomic E-state index is 0.0574. The summed E-state index contributed by atoms with van der Waals surface area (Å²) in [5.41, 5.74) is 0.332. The van der Waals surface area contributed by atoms with Crippen LogP contribution in [0.25, 0.3) is 0 Å². The van der Waals surface area contributed by atoms with Crippen molar-refractivity contribution in [2.75, 3.05) is 13.7 Å². The fourth-order valence-corrected chi connectivity index (χ4v) is 1.04. The molecule has 0 aliphatic heterocycles. The first-order chi connectivity index (χ1) is 7.19. The van der Waals surface area contributed by atoms with Gasteiger partial charge in [0.1, 0.15) is 12.4 Å². The molecule has 0 radical (unpaired) electrons. The number of non-ortho nitro benzene ring substituents is 1. The summed E-state index contributed by atoms with van der Waals surface area (Å²) in [5.74, 6) is 5.43. The third kappa shape index (κ3) is 2.69. The van der Waals surface area contributed by atoms with E-state index in [1.165, 1.54) is 25.3 Å². The van der Waals surface area contributed by atoms with E-state index < -0.39 is 4.92 Å².